The lowest BCUT2D eigenvalue weighted by Crippen LogP contribution is -2.09. The quantitative estimate of drug-likeness (QED) is 0.491. The molecule has 0 saturated carbocycles. The van der Waals surface area contributed by atoms with Crippen LogP contribution in [0.15, 0.2) is 23.9 Å². The first kappa shape index (κ1) is 5.70. The Bertz CT molecular complexity index is 137. The SMILES string of the molecule is CC1=C[C](Cl)NC=C1. The molecule has 0 amide bonds. The molecule has 0 fully saturated rings. The van der Waals surface area contributed by atoms with E-state index in [0.717, 1.165) is 0 Å². The zero-order chi connectivity index (χ0) is 5.98. The molecule has 2 heteroatoms. The Labute approximate surface area is 54.0 Å². The van der Waals surface area contributed by atoms with Crippen LogP contribution < -0.4 is 5.32 Å². The summed E-state index contributed by atoms with van der Waals surface area (Å²) in [5, 5.41) is 2.84. The van der Waals surface area contributed by atoms with Gasteiger partial charge in [-0.2, -0.15) is 0 Å². The number of nitrogens with one attached hydrogen (secondary N) is 1. The molecular formula is C6H7ClN. The normalized spacial score (nSPS) is 20.0. The van der Waals surface area contributed by atoms with Crippen molar-refractivity contribution in [2.24, 2.45) is 0 Å². The van der Waals surface area contributed by atoms with Gasteiger partial charge in [-0.1, -0.05) is 11.6 Å². The number of hydrogen-bond acceptors (Lipinski definition) is 1. The molecule has 0 aromatic heterocycles. The molecule has 1 radical (unpaired) electrons. The topological polar surface area (TPSA) is 12.0 Å². The van der Waals surface area contributed by atoms with E-state index in [1.54, 1.807) is 0 Å². The minimum absolute atomic E-state index is 0.685. The van der Waals surface area contributed by atoms with Gasteiger partial charge in [0, 0.05) is 0 Å². The third kappa shape index (κ3) is 1.27. The first-order chi connectivity index (χ1) is 3.79. The molecular weight excluding hydrogens is 122 g/mol. The van der Waals surface area contributed by atoms with Gasteiger partial charge in [-0.3, -0.25) is 0 Å². The second kappa shape index (κ2) is 2.23. The molecule has 1 aliphatic rings. The Morgan fingerprint density at radius 1 is 1.62 bits per heavy atom. The monoisotopic (exact) mass is 128 g/mol. The van der Waals surface area contributed by atoms with Crippen molar-refractivity contribution in [1.82, 2.24) is 5.32 Å². The van der Waals surface area contributed by atoms with Gasteiger partial charge < -0.3 is 5.32 Å². The van der Waals surface area contributed by atoms with Gasteiger partial charge in [0.2, 0.25) is 0 Å². The molecule has 1 heterocycles. The van der Waals surface area contributed by atoms with Crippen molar-refractivity contribution in [1.29, 1.82) is 0 Å². The molecule has 1 nitrogen and oxygen atoms in total. The standard InChI is InChI=1S/C6H7ClN/c1-5-2-3-8-6(7)4-5/h2-4,8H,1H3. The van der Waals surface area contributed by atoms with Crippen LogP contribution in [0.1, 0.15) is 6.92 Å². The Morgan fingerprint density at radius 2 is 2.38 bits per heavy atom. The maximum atomic E-state index is 5.59. The molecule has 1 rings (SSSR count). The van der Waals surface area contributed by atoms with E-state index in [-0.39, 0.29) is 0 Å². The highest BCUT2D eigenvalue weighted by Crippen LogP contribution is 2.11. The molecule has 0 saturated heterocycles. The number of rotatable bonds is 0. The highest BCUT2D eigenvalue weighted by Gasteiger charge is 2.00. The zero-order valence-electron chi connectivity index (χ0n) is 4.61. The average Bonchev–Trinajstić information content (AvgIpc) is 1.64. The van der Waals surface area contributed by atoms with Gasteiger partial charge in [0.05, 0.1) is 0 Å². The fourth-order valence-electron chi connectivity index (χ4n) is 0.542. The van der Waals surface area contributed by atoms with E-state index in [1.807, 2.05) is 25.3 Å². The molecule has 8 heavy (non-hydrogen) atoms. The third-order valence-electron chi connectivity index (χ3n) is 0.922. The average molecular weight is 129 g/mol. The lowest BCUT2D eigenvalue weighted by Gasteiger charge is -2.07. The summed E-state index contributed by atoms with van der Waals surface area (Å²) in [6.07, 6.45) is 5.66. The molecule has 0 aromatic rings. The summed E-state index contributed by atoms with van der Waals surface area (Å²) >= 11 is 5.59. The van der Waals surface area contributed by atoms with Gasteiger partial charge in [-0.25, -0.2) is 0 Å². The second-order valence-electron chi connectivity index (χ2n) is 1.71. The van der Waals surface area contributed by atoms with Gasteiger partial charge in [0.1, 0.15) is 0 Å². The van der Waals surface area contributed by atoms with Crippen molar-refractivity contribution >= 4 is 11.6 Å². The highest BCUT2D eigenvalue weighted by atomic mass is 35.5. The van der Waals surface area contributed by atoms with Gasteiger partial charge in [0.15, 0.2) is 5.50 Å². The molecule has 0 aliphatic carbocycles. The lowest BCUT2D eigenvalue weighted by molar-refractivity contribution is 1.03. The molecule has 0 unspecified atom stereocenters. The Kier molecular flexibility index (Phi) is 1.59. The smallest absolute Gasteiger partial charge is 0.172 e. The van der Waals surface area contributed by atoms with Crippen molar-refractivity contribution in [3.63, 3.8) is 0 Å². The highest BCUT2D eigenvalue weighted by molar-refractivity contribution is 6.28. The Morgan fingerprint density at radius 3 is 2.75 bits per heavy atom. The summed E-state index contributed by atoms with van der Waals surface area (Å²) in [7, 11) is 0. The van der Waals surface area contributed by atoms with Gasteiger partial charge in [-0.05, 0) is 30.8 Å². The van der Waals surface area contributed by atoms with E-state index in [4.69, 9.17) is 11.6 Å². The van der Waals surface area contributed by atoms with Gasteiger partial charge >= 0.3 is 0 Å². The van der Waals surface area contributed by atoms with Gasteiger partial charge in [-0.15, -0.1) is 0 Å². The van der Waals surface area contributed by atoms with Crippen molar-refractivity contribution in [3.8, 4) is 0 Å². The number of dihydropyridines is 1. The van der Waals surface area contributed by atoms with E-state index in [2.05, 4.69) is 5.32 Å². The van der Waals surface area contributed by atoms with Crippen molar-refractivity contribution < 1.29 is 0 Å². The number of halogens is 1. The number of allylic oxidation sites excluding steroid dienone is 2. The Hall–Kier alpha value is -0.430. The van der Waals surface area contributed by atoms with Crippen LogP contribution in [0.4, 0.5) is 0 Å². The summed E-state index contributed by atoms with van der Waals surface area (Å²) in [5.74, 6) is 0. The minimum Gasteiger partial charge on any atom is -0.366 e. The molecule has 0 atom stereocenters. The van der Waals surface area contributed by atoms with Crippen molar-refractivity contribution in [3.05, 3.63) is 29.4 Å². The second-order valence-corrected chi connectivity index (χ2v) is 2.12. The molecule has 0 spiro atoms. The maximum Gasteiger partial charge on any atom is 0.172 e. The van der Waals surface area contributed by atoms with E-state index in [0.29, 0.717) is 5.50 Å². The predicted molar refractivity (Wildman–Crippen MR) is 35.1 cm³/mol. The number of hydrogen-bond donors (Lipinski definition) is 1. The molecule has 1 N–H and O–H groups in total. The largest absolute Gasteiger partial charge is 0.366 e. The Balaban J connectivity index is 2.63. The lowest BCUT2D eigenvalue weighted by atomic mass is 10.2. The first-order valence-electron chi connectivity index (χ1n) is 2.43. The van der Waals surface area contributed by atoms with E-state index in [1.165, 1.54) is 5.57 Å². The van der Waals surface area contributed by atoms with Crippen LogP contribution in [0.25, 0.3) is 0 Å². The summed E-state index contributed by atoms with van der Waals surface area (Å²) in [6, 6.07) is 0. The van der Waals surface area contributed by atoms with Crippen molar-refractivity contribution in [2.45, 2.75) is 6.92 Å². The maximum absolute atomic E-state index is 5.59. The third-order valence-corrected chi connectivity index (χ3v) is 1.14. The minimum atomic E-state index is 0.685. The summed E-state index contributed by atoms with van der Waals surface area (Å²) in [6.45, 7) is 2.00. The fourth-order valence-corrected chi connectivity index (χ4v) is 0.777. The van der Waals surface area contributed by atoms with E-state index < -0.39 is 0 Å². The fraction of sp³-hybridized carbons (Fsp3) is 0.167. The van der Waals surface area contributed by atoms with Crippen LogP contribution in [-0.2, 0) is 0 Å². The predicted octanol–water partition coefficient (Wildman–Crippen LogP) is 1.78. The van der Waals surface area contributed by atoms with Crippen LogP contribution in [0.3, 0.4) is 0 Å². The summed E-state index contributed by atoms with van der Waals surface area (Å²) in [5.41, 5.74) is 1.86. The zero-order valence-corrected chi connectivity index (χ0v) is 5.37. The molecule has 1 aliphatic heterocycles. The van der Waals surface area contributed by atoms with Crippen LogP contribution in [0.2, 0.25) is 0 Å². The van der Waals surface area contributed by atoms with Gasteiger partial charge in [0.25, 0.3) is 0 Å². The van der Waals surface area contributed by atoms with Crippen LogP contribution in [0.5, 0.6) is 0 Å². The summed E-state index contributed by atoms with van der Waals surface area (Å²) in [4.78, 5) is 0. The van der Waals surface area contributed by atoms with Crippen LogP contribution >= 0.6 is 11.6 Å². The van der Waals surface area contributed by atoms with Crippen LogP contribution in [0, 0.1) is 5.50 Å². The molecule has 43 valence electrons. The first-order valence-corrected chi connectivity index (χ1v) is 2.80. The van der Waals surface area contributed by atoms with E-state index >= 15 is 0 Å². The summed E-state index contributed by atoms with van der Waals surface area (Å²) < 4.78 is 0. The molecule has 0 bridgehead atoms. The van der Waals surface area contributed by atoms with Crippen molar-refractivity contribution in [2.75, 3.05) is 0 Å². The van der Waals surface area contributed by atoms with E-state index in [9.17, 15) is 0 Å². The van der Waals surface area contributed by atoms with Crippen LogP contribution in [-0.4, -0.2) is 0 Å². The molecule has 0 aromatic carbocycles.